The zero-order valence-electron chi connectivity index (χ0n) is 18.0. The fraction of sp³-hybridized carbons (Fsp3) is 0.391. The predicted molar refractivity (Wildman–Crippen MR) is 128 cm³/mol. The summed E-state index contributed by atoms with van der Waals surface area (Å²) in [7, 11) is 1.62. The lowest BCUT2D eigenvalue weighted by Gasteiger charge is -2.27. The van der Waals surface area contributed by atoms with Crippen molar-refractivity contribution in [3.05, 3.63) is 53.8 Å². The van der Waals surface area contributed by atoms with Crippen molar-refractivity contribution in [2.24, 2.45) is 0 Å². The van der Waals surface area contributed by atoms with E-state index in [-0.39, 0.29) is 30.6 Å². The van der Waals surface area contributed by atoms with E-state index in [4.69, 9.17) is 9.47 Å². The van der Waals surface area contributed by atoms with Gasteiger partial charge in [-0.2, -0.15) is 0 Å². The summed E-state index contributed by atoms with van der Waals surface area (Å²) in [5.41, 5.74) is 1.62. The van der Waals surface area contributed by atoms with Gasteiger partial charge in [-0.3, -0.25) is 14.6 Å². The van der Waals surface area contributed by atoms with Gasteiger partial charge in [0.25, 0.3) is 0 Å². The first kappa shape index (κ1) is 24.4. The quantitative estimate of drug-likeness (QED) is 0.485. The fourth-order valence-corrected chi connectivity index (χ4v) is 4.65. The van der Waals surface area contributed by atoms with E-state index >= 15 is 0 Å². The molecule has 2 heterocycles. The molecule has 1 amide bonds. The van der Waals surface area contributed by atoms with Crippen LogP contribution >= 0.6 is 23.7 Å². The van der Waals surface area contributed by atoms with Gasteiger partial charge in [0.15, 0.2) is 5.13 Å². The van der Waals surface area contributed by atoms with Crippen molar-refractivity contribution in [3.8, 4) is 5.75 Å². The lowest BCUT2D eigenvalue weighted by Crippen LogP contribution is -2.39. The van der Waals surface area contributed by atoms with Gasteiger partial charge in [-0.05, 0) is 42.3 Å². The number of ether oxygens (including phenoxy) is 2. The minimum atomic E-state index is -0.300. The van der Waals surface area contributed by atoms with Crippen LogP contribution < -0.4 is 9.64 Å². The molecule has 9 heteroatoms. The second-order valence-electron chi connectivity index (χ2n) is 7.49. The number of hydrogen-bond donors (Lipinski definition) is 0. The molecule has 1 aliphatic heterocycles. The van der Waals surface area contributed by atoms with Crippen LogP contribution in [0.2, 0.25) is 0 Å². The minimum Gasteiger partial charge on any atom is -0.497 e. The molecule has 0 N–H and O–H groups in total. The van der Waals surface area contributed by atoms with Crippen molar-refractivity contribution in [2.75, 3.05) is 51.4 Å². The first-order valence-corrected chi connectivity index (χ1v) is 11.2. The SMILES string of the molecule is COc1ccc(CC(=O)N(CCCN2CCOCC2)c2nc3ccc(F)cc3s2)cc1.Cl. The highest BCUT2D eigenvalue weighted by molar-refractivity contribution is 7.22. The standard InChI is InChI=1S/C23H26FN3O3S.ClH/c1-29-19-6-3-17(4-7-19)15-22(28)27(10-2-9-26-11-13-30-14-12-26)23-25-20-8-5-18(24)16-21(20)31-23;/h3-8,16H,2,9-15H2,1H3;1H. The maximum absolute atomic E-state index is 13.6. The molecule has 0 saturated carbocycles. The molecular formula is C23H27ClFN3O3S. The average molecular weight is 480 g/mol. The van der Waals surface area contributed by atoms with Gasteiger partial charge in [0.1, 0.15) is 11.6 Å². The average Bonchev–Trinajstić information content (AvgIpc) is 3.20. The number of aromatic nitrogens is 1. The Morgan fingerprint density at radius 2 is 1.97 bits per heavy atom. The van der Waals surface area contributed by atoms with Crippen LogP contribution in [0.25, 0.3) is 10.2 Å². The Morgan fingerprint density at radius 3 is 2.69 bits per heavy atom. The lowest BCUT2D eigenvalue weighted by atomic mass is 10.1. The third-order valence-electron chi connectivity index (χ3n) is 5.35. The molecule has 0 radical (unpaired) electrons. The molecule has 2 aromatic carbocycles. The van der Waals surface area contributed by atoms with Gasteiger partial charge in [0.05, 0.1) is 37.0 Å². The van der Waals surface area contributed by atoms with Crippen LogP contribution in [-0.4, -0.2) is 62.3 Å². The molecule has 172 valence electrons. The Balaban J connectivity index is 0.00000289. The highest BCUT2D eigenvalue weighted by Gasteiger charge is 2.21. The largest absolute Gasteiger partial charge is 0.497 e. The maximum Gasteiger partial charge on any atom is 0.233 e. The van der Waals surface area contributed by atoms with E-state index in [0.717, 1.165) is 55.3 Å². The van der Waals surface area contributed by atoms with Crippen LogP contribution in [0.3, 0.4) is 0 Å². The maximum atomic E-state index is 13.6. The number of carbonyl (C=O) groups is 1. The Hall–Kier alpha value is -2.26. The molecule has 1 saturated heterocycles. The van der Waals surface area contributed by atoms with E-state index in [1.807, 2.05) is 24.3 Å². The van der Waals surface area contributed by atoms with E-state index in [9.17, 15) is 9.18 Å². The molecular weight excluding hydrogens is 453 g/mol. The van der Waals surface area contributed by atoms with Crippen molar-refractivity contribution in [1.29, 1.82) is 0 Å². The van der Waals surface area contributed by atoms with Crippen molar-refractivity contribution in [2.45, 2.75) is 12.8 Å². The summed E-state index contributed by atoms with van der Waals surface area (Å²) in [4.78, 5) is 22.0. The number of hydrogen-bond acceptors (Lipinski definition) is 6. The zero-order valence-corrected chi connectivity index (χ0v) is 19.6. The van der Waals surface area contributed by atoms with Crippen LogP contribution in [0.4, 0.5) is 9.52 Å². The molecule has 4 rings (SSSR count). The number of methoxy groups -OCH3 is 1. The number of morpholine rings is 1. The van der Waals surface area contributed by atoms with Gasteiger partial charge in [0.2, 0.25) is 5.91 Å². The predicted octanol–water partition coefficient (Wildman–Crippen LogP) is 4.16. The zero-order chi connectivity index (χ0) is 21.6. The normalized spacial score (nSPS) is 14.2. The number of rotatable bonds is 8. The second-order valence-corrected chi connectivity index (χ2v) is 8.50. The molecule has 3 aromatic rings. The van der Waals surface area contributed by atoms with Gasteiger partial charge < -0.3 is 9.47 Å². The van der Waals surface area contributed by atoms with Crippen molar-refractivity contribution in [1.82, 2.24) is 9.88 Å². The van der Waals surface area contributed by atoms with Crippen LogP contribution in [0.5, 0.6) is 5.75 Å². The number of amides is 1. The molecule has 0 bridgehead atoms. The Labute approximate surface area is 197 Å². The molecule has 1 aromatic heterocycles. The Bertz CT molecular complexity index is 1030. The molecule has 0 unspecified atom stereocenters. The summed E-state index contributed by atoms with van der Waals surface area (Å²) in [5.74, 6) is 0.435. The van der Waals surface area contributed by atoms with Gasteiger partial charge in [-0.25, -0.2) is 9.37 Å². The van der Waals surface area contributed by atoms with Crippen LogP contribution in [0.15, 0.2) is 42.5 Å². The highest BCUT2D eigenvalue weighted by Crippen LogP contribution is 2.30. The molecule has 0 spiro atoms. The van der Waals surface area contributed by atoms with Crippen molar-refractivity contribution >= 4 is 45.0 Å². The van der Waals surface area contributed by atoms with Crippen molar-refractivity contribution < 1.29 is 18.7 Å². The molecule has 1 fully saturated rings. The minimum absolute atomic E-state index is 0. The Morgan fingerprint density at radius 1 is 1.22 bits per heavy atom. The lowest BCUT2D eigenvalue weighted by molar-refractivity contribution is -0.118. The summed E-state index contributed by atoms with van der Waals surface area (Å²) in [6.45, 7) is 4.80. The molecule has 6 nitrogen and oxygen atoms in total. The number of thiazole rings is 1. The summed E-state index contributed by atoms with van der Waals surface area (Å²) < 4.78 is 25.0. The van der Waals surface area contributed by atoms with E-state index in [1.54, 1.807) is 18.1 Å². The monoisotopic (exact) mass is 479 g/mol. The highest BCUT2D eigenvalue weighted by atomic mass is 35.5. The van der Waals surface area contributed by atoms with E-state index in [0.29, 0.717) is 17.2 Å². The van der Waals surface area contributed by atoms with Crippen LogP contribution in [0.1, 0.15) is 12.0 Å². The molecule has 0 atom stereocenters. The number of nitrogens with zero attached hydrogens (tertiary/aromatic N) is 3. The summed E-state index contributed by atoms with van der Waals surface area (Å²) in [5, 5.41) is 0.612. The second kappa shape index (κ2) is 11.6. The van der Waals surface area contributed by atoms with Crippen LogP contribution in [0, 0.1) is 5.82 Å². The number of benzene rings is 2. The van der Waals surface area contributed by atoms with Crippen molar-refractivity contribution in [3.63, 3.8) is 0 Å². The van der Waals surface area contributed by atoms with Gasteiger partial charge in [0, 0.05) is 26.2 Å². The third kappa shape index (κ3) is 6.16. The molecule has 32 heavy (non-hydrogen) atoms. The van der Waals surface area contributed by atoms with Crippen LogP contribution in [-0.2, 0) is 16.0 Å². The molecule has 0 aliphatic carbocycles. The Kier molecular flexibility index (Phi) is 8.81. The smallest absolute Gasteiger partial charge is 0.233 e. The molecule has 1 aliphatic rings. The topological polar surface area (TPSA) is 54.9 Å². The van der Waals surface area contributed by atoms with E-state index in [1.165, 1.54) is 23.5 Å². The van der Waals surface area contributed by atoms with E-state index < -0.39 is 0 Å². The van der Waals surface area contributed by atoms with Gasteiger partial charge >= 0.3 is 0 Å². The summed E-state index contributed by atoms with van der Waals surface area (Å²) in [6, 6.07) is 12.0. The summed E-state index contributed by atoms with van der Waals surface area (Å²) >= 11 is 1.35. The van der Waals surface area contributed by atoms with Gasteiger partial charge in [-0.15, -0.1) is 12.4 Å². The third-order valence-corrected chi connectivity index (χ3v) is 6.39. The first-order chi connectivity index (χ1) is 15.1. The number of anilines is 1. The number of halogens is 2. The van der Waals surface area contributed by atoms with Gasteiger partial charge in [-0.1, -0.05) is 23.5 Å². The fourth-order valence-electron chi connectivity index (χ4n) is 3.62. The van der Waals surface area contributed by atoms with E-state index in [2.05, 4.69) is 9.88 Å². The number of fused-ring (bicyclic) bond motifs is 1. The summed E-state index contributed by atoms with van der Waals surface area (Å²) in [6.07, 6.45) is 1.10. The first-order valence-electron chi connectivity index (χ1n) is 10.4. The number of carbonyl (C=O) groups excluding carboxylic acids is 1.